The predicted molar refractivity (Wildman–Crippen MR) is 97.5 cm³/mol. The first-order chi connectivity index (χ1) is 12.7. The van der Waals surface area contributed by atoms with Gasteiger partial charge in [0.05, 0.1) is 5.69 Å². The van der Waals surface area contributed by atoms with Crippen molar-refractivity contribution in [2.75, 3.05) is 7.05 Å². The molecule has 26 heavy (non-hydrogen) atoms. The molecule has 0 bridgehead atoms. The summed E-state index contributed by atoms with van der Waals surface area (Å²) in [4.78, 5) is 13.9. The Bertz CT molecular complexity index is 1150. The van der Waals surface area contributed by atoms with Gasteiger partial charge in [0.25, 0.3) is 5.91 Å². The first-order valence-corrected chi connectivity index (χ1v) is 8.36. The standard InChI is InChI=1S/C20H15N5O/c1-24-11-15-9-14(7-8-16(15)20(24)26)17-10-18(13-5-3-2-4-6-13)23-25-12-21-22-19(17)25/h2-10,12H,11H2,1H3. The molecular weight excluding hydrogens is 326 g/mol. The topological polar surface area (TPSA) is 63.4 Å². The molecule has 2 aromatic heterocycles. The summed E-state index contributed by atoms with van der Waals surface area (Å²) < 4.78 is 1.70. The molecule has 6 heteroatoms. The number of carbonyl (C=O) groups excluding carboxylic acids is 1. The van der Waals surface area contributed by atoms with Crippen molar-refractivity contribution in [3.05, 3.63) is 72.1 Å². The second-order valence-electron chi connectivity index (χ2n) is 6.44. The molecule has 5 rings (SSSR count). The zero-order valence-electron chi connectivity index (χ0n) is 14.1. The van der Waals surface area contributed by atoms with Crippen LogP contribution in [0, 0.1) is 0 Å². The van der Waals surface area contributed by atoms with Crippen molar-refractivity contribution in [2.24, 2.45) is 0 Å². The maximum atomic E-state index is 12.1. The summed E-state index contributed by atoms with van der Waals surface area (Å²) in [5.74, 6) is 0.0684. The van der Waals surface area contributed by atoms with Crippen LogP contribution in [0.2, 0.25) is 0 Å². The zero-order chi connectivity index (χ0) is 17.7. The molecule has 0 fully saturated rings. The number of benzene rings is 2. The molecule has 1 aliphatic rings. The van der Waals surface area contributed by atoms with Crippen LogP contribution < -0.4 is 0 Å². The fourth-order valence-corrected chi connectivity index (χ4v) is 3.42. The molecule has 0 N–H and O–H groups in total. The van der Waals surface area contributed by atoms with Gasteiger partial charge in [0.1, 0.15) is 6.33 Å². The molecule has 3 heterocycles. The predicted octanol–water partition coefficient (Wildman–Crippen LogP) is 3.04. The van der Waals surface area contributed by atoms with E-state index < -0.39 is 0 Å². The van der Waals surface area contributed by atoms with E-state index in [-0.39, 0.29) is 5.91 Å². The molecule has 0 aliphatic carbocycles. The van der Waals surface area contributed by atoms with Crippen molar-refractivity contribution in [3.8, 4) is 22.4 Å². The fraction of sp³-hybridized carbons (Fsp3) is 0.100. The lowest BCUT2D eigenvalue weighted by atomic mass is 10.00. The Morgan fingerprint density at radius 1 is 0.962 bits per heavy atom. The number of hydrogen-bond donors (Lipinski definition) is 0. The molecule has 126 valence electrons. The molecule has 0 saturated carbocycles. The molecule has 1 amide bonds. The van der Waals surface area contributed by atoms with E-state index in [2.05, 4.69) is 21.4 Å². The third-order valence-corrected chi connectivity index (χ3v) is 4.74. The molecule has 0 unspecified atom stereocenters. The maximum Gasteiger partial charge on any atom is 0.254 e. The van der Waals surface area contributed by atoms with E-state index in [1.54, 1.807) is 15.7 Å². The lowest BCUT2D eigenvalue weighted by Crippen LogP contribution is -2.17. The Morgan fingerprint density at radius 3 is 2.65 bits per heavy atom. The van der Waals surface area contributed by atoms with Gasteiger partial charge in [-0.2, -0.15) is 9.61 Å². The van der Waals surface area contributed by atoms with Gasteiger partial charge in [-0.1, -0.05) is 36.4 Å². The van der Waals surface area contributed by atoms with Gasteiger partial charge >= 0.3 is 0 Å². The van der Waals surface area contributed by atoms with E-state index in [9.17, 15) is 4.79 Å². The highest BCUT2D eigenvalue weighted by Crippen LogP contribution is 2.31. The van der Waals surface area contributed by atoms with Crippen LogP contribution in [-0.2, 0) is 6.54 Å². The van der Waals surface area contributed by atoms with Gasteiger partial charge in [-0.25, -0.2) is 0 Å². The van der Waals surface area contributed by atoms with Crippen molar-refractivity contribution in [1.29, 1.82) is 0 Å². The van der Waals surface area contributed by atoms with Crippen LogP contribution in [0.4, 0.5) is 0 Å². The Labute approximate surface area is 149 Å². The first-order valence-electron chi connectivity index (χ1n) is 8.36. The van der Waals surface area contributed by atoms with Crippen molar-refractivity contribution >= 4 is 11.6 Å². The fourth-order valence-electron chi connectivity index (χ4n) is 3.42. The zero-order valence-corrected chi connectivity index (χ0v) is 14.1. The Hall–Kier alpha value is -3.54. The van der Waals surface area contributed by atoms with Crippen LogP contribution in [0.3, 0.4) is 0 Å². The average molecular weight is 341 g/mol. The summed E-state index contributed by atoms with van der Waals surface area (Å²) in [7, 11) is 1.82. The van der Waals surface area contributed by atoms with Gasteiger partial charge in [-0.15, -0.1) is 10.2 Å². The monoisotopic (exact) mass is 341 g/mol. The SMILES string of the molecule is CN1Cc2cc(-c3cc(-c4ccccc4)nn4cnnc34)ccc2C1=O. The smallest absolute Gasteiger partial charge is 0.254 e. The Kier molecular flexibility index (Phi) is 3.12. The lowest BCUT2D eigenvalue weighted by molar-refractivity contribution is 0.0816. The van der Waals surface area contributed by atoms with E-state index in [4.69, 9.17) is 0 Å². The summed E-state index contributed by atoms with van der Waals surface area (Å²) in [5, 5.41) is 12.9. The van der Waals surface area contributed by atoms with Crippen LogP contribution in [-0.4, -0.2) is 37.7 Å². The Morgan fingerprint density at radius 2 is 1.81 bits per heavy atom. The second kappa shape index (κ2) is 5.49. The average Bonchev–Trinajstić information content (AvgIpc) is 3.26. The third-order valence-electron chi connectivity index (χ3n) is 4.74. The molecule has 0 spiro atoms. The molecule has 0 saturated heterocycles. The van der Waals surface area contributed by atoms with Crippen LogP contribution >= 0.6 is 0 Å². The molecular formula is C20H15N5O. The number of amides is 1. The third kappa shape index (κ3) is 2.19. The van der Waals surface area contributed by atoms with Crippen LogP contribution in [0.5, 0.6) is 0 Å². The minimum atomic E-state index is 0.0684. The van der Waals surface area contributed by atoms with Crippen molar-refractivity contribution in [3.63, 3.8) is 0 Å². The summed E-state index contributed by atoms with van der Waals surface area (Å²) in [6.07, 6.45) is 1.61. The van der Waals surface area contributed by atoms with Crippen LogP contribution in [0.15, 0.2) is 60.9 Å². The highest BCUT2D eigenvalue weighted by molar-refractivity contribution is 5.99. The highest BCUT2D eigenvalue weighted by atomic mass is 16.2. The van der Waals surface area contributed by atoms with Gasteiger partial charge in [0, 0.05) is 30.3 Å². The van der Waals surface area contributed by atoms with Crippen LogP contribution in [0.1, 0.15) is 15.9 Å². The van der Waals surface area contributed by atoms with Gasteiger partial charge < -0.3 is 4.90 Å². The first kappa shape index (κ1) is 14.8. The molecule has 4 aromatic rings. The van der Waals surface area contributed by atoms with E-state index in [1.807, 2.05) is 55.6 Å². The van der Waals surface area contributed by atoms with Gasteiger partial charge in [0.2, 0.25) is 0 Å². The number of aromatic nitrogens is 4. The van der Waals surface area contributed by atoms with Crippen molar-refractivity contribution in [2.45, 2.75) is 6.54 Å². The normalized spacial score (nSPS) is 13.4. The number of rotatable bonds is 2. The maximum absolute atomic E-state index is 12.1. The van der Waals surface area contributed by atoms with Gasteiger partial charge in [-0.3, -0.25) is 4.79 Å². The number of fused-ring (bicyclic) bond motifs is 2. The van der Waals surface area contributed by atoms with E-state index in [1.165, 1.54) is 0 Å². The number of hydrogen-bond acceptors (Lipinski definition) is 4. The highest BCUT2D eigenvalue weighted by Gasteiger charge is 2.25. The van der Waals surface area contributed by atoms with Gasteiger partial charge in [-0.05, 0) is 29.3 Å². The van der Waals surface area contributed by atoms with Crippen molar-refractivity contribution in [1.82, 2.24) is 24.7 Å². The molecule has 1 aliphatic heterocycles. The summed E-state index contributed by atoms with van der Waals surface area (Å²) in [5.41, 5.74) is 6.33. The van der Waals surface area contributed by atoms with Crippen LogP contribution in [0.25, 0.3) is 28.0 Å². The van der Waals surface area contributed by atoms with E-state index in [0.29, 0.717) is 12.2 Å². The lowest BCUT2D eigenvalue weighted by Gasteiger charge is -2.08. The molecule has 0 atom stereocenters. The van der Waals surface area contributed by atoms with Crippen molar-refractivity contribution < 1.29 is 4.79 Å². The molecule has 6 nitrogen and oxygen atoms in total. The second-order valence-corrected chi connectivity index (χ2v) is 6.44. The van der Waals surface area contributed by atoms with E-state index >= 15 is 0 Å². The summed E-state index contributed by atoms with van der Waals surface area (Å²) in [6, 6.07) is 18.0. The quantitative estimate of drug-likeness (QED) is 0.562. The van der Waals surface area contributed by atoms with Gasteiger partial charge in [0.15, 0.2) is 5.65 Å². The minimum absolute atomic E-state index is 0.0684. The molecule has 0 radical (unpaired) electrons. The Balaban J connectivity index is 1.71. The summed E-state index contributed by atoms with van der Waals surface area (Å²) in [6.45, 7) is 0.627. The molecule has 2 aromatic carbocycles. The largest absolute Gasteiger partial charge is 0.337 e. The summed E-state index contributed by atoms with van der Waals surface area (Å²) >= 11 is 0. The number of nitrogens with zero attached hydrogens (tertiary/aromatic N) is 5. The number of carbonyl (C=O) groups is 1. The minimum Gasteiger partial charge on any atom is -0.337 e. The van der Waals surface area contributed by atoms with E-state index in [0.717, 1.165) is 33.5 Å².